The molecule has 1 saturated heterocycles. The van der Waals surface area contributed by atoms with Crippen molar-refractivity contribution < 1.29 is 39.5 Å². The first kappa shape index (κ1) is 21.1. The van der Waals surface area contributed by atoms with Crippen LogP contribution in [0.25, 0.3) is 0 Å². The van der Waals surface area contributed by atoms with Gasteiger partial charge in [-0.15, -0.1) is 0 Å². The Bertz CT molecular complexity index is 411. The summed E-state index contributed by atoms with van der Waals surface area (Å²) in [5.74, 6) is -0.208. The van der Waals surface area contributed by atoms with E-state index in [1.165, 1.54) is 0 Å². The van der Waals surface area contributed by atoms with Crippen LogP contribution >= 0.6 is 12.6 Å². The molecule has 1 heterocycles. The number of aliphatic hydroxyl groups is 4. The number of thiol groups is 1. The molecule has 1 aliphatic rings. The third kappa shape index (κ3) is 6.51. The molecule has 0 spiro atoms. The number of amides is 2. The zero-order valence-corrected chi connectivity index (χ0v) is 13.9. The molecule has 1 fully saturated rings. The number of hydrogen-bond acceptors (Lipinski definition) is 9. The van der Waals surface area contributed by atoms with Gasteiger partial charge in [0.15, 0.2) is 6.29 Å². The van der Waals surface area contributed by atoms with E-state index in [-0.39, 0.29) is 25.5 Å². The van der Waals surface area contributed by atoms with E-state index in [2.05, 4.69) is 23.3 Å². The third-order valence-corrected chi connectivity index (χ3v) is 3.60. The maximum atomic E-state index is 11.6. The lowest BCUT2D eigenvalue weighted by molar-refractivity contribution is -0.302. The van der Waals surface area contributed by atoms with Gasteiger partial charge >= 0.3 is 0 Å². The van der Waals surface area contributed by atoms with E-state index in [1.54, 1.807) is 0 Å². The molecule has 24 heavy (non-hydrogen) atoms. The number of carbonyl (C=O) groups excluding carboxylic acids is 2. The van der Waals surface area contributed by atoms with Crippen LogP contribution in [0.15, 0.2) is 0 Å². The number of nitrogens with one attached hydrogen (secondary N) is 2. The highest BCUT2D eigenvalue weighted by atomic mass is 32.1. The van der Waals surface area contributed by atoms with Crippen molar-refractivity contribution in [1.29, 1.82) is 0 Å². The highest BCUT2D eigenvalue weighted by Gasteiger charge is 2.43. The molecule has 0 saturated carbocycles. The Kier molecular flexibility index (Phi) is 9.51. The van der Waals surface area contributed by atoms with Gasteiger partial charge in [-0.05, 0) is 0 Å². The first-order valence-corrected chi connectivity index (χ1v) is 8.10. The first-order chi connectivity index (χ1) is 11.4. The topological polar surface area (TPSA) is 158 Å². The second-order valence-corrected chi connectivity index (χ2v) is 5.63. The van der Waals surface area contributed by atoms with Gasteiger partial charge < -0.3 is 40.5 Å². The zero-order valence-electron chi connectivity index (χ0n) is 13.0. The van der Waals surface area contributed by atoms with Crippen molar-refractivity contribution in [3.05, 3.63) is 0 Å². The van der Waals surface area contributed by atoms with Crippen LogP contribution in [-0.4, -0.2) is 88.6 Å². The quantitative estimate of drug-likeness (QED) is 0.165. The van der Waals surface area contributed by atoms with Crippen molar-refractivity contribution in [2.24, 2.45) is 0 Å². The second-order valence-electron chi connectivity index (χ2n) is 5.18. The van der Waals surface area contributed by atoms with Gasteiger partial charge in [-0.2, -0.15) is 12.6 Å². The molecule has 140 valence electrons. The van der Waals surface area contributed by atoms with Gasteiger partial charge in [-0.3, -0.25) is 9.59 Å². The van der Waals surface area contributed by atoms with Gasteiger partial charge in [-0.1, -0.05) is 0 Å². The number of rotatable bonds is 9. The molecule has 0 bridgehead atoms. The van der Waals surface area contributed by atoms with E-state index in [1.807, 2.05) is 0 Å². The minimum absolute atomic E-state index is 0.0135. The molecule has 0 aliphatic carbocycles. The van der Waals surface area contributed by atoms with Crippen molar-refractivity contribution >= 4 is 24.4 Å². The van der Waals surface area contributed by atoms with Crippen LogP contribution < -0.4 is 10.6 Å². The van der Waals surface area contributed by atoms with Gasteiger partial charge in [0.25, 0.3) is 0 Å². The van der Waals surface area contributed by atoms with Gasteiger partial charge in [0.1, 0.15) is 31.1 Å². The minimum Gasteiger partial charge on any atom is -0.394 e. The van der Waals surface area contributed by atoms with Gasteiger partial charge in [0.2, 0.25) is 11.8 Å². The average Bonchev–Trinajstić information content (AvgIpc) is 2.58. The lowest BCUT2D eigenvalue weighted by atomic mass is 9.99. The molecular formula is C13H24N2O8S. The Labute approximate surface area is 144 Å². The summed E-state index contributed by atoms with van der Waals surface area (Å²) in [7, 11) is 0. The van der Waals surface area contributed by atoms with Gasteiger partial charge in [0, 0.05) is 25.1 Å². The van der Waals surface area contributed by atoms with E-state index in [0.717, 1.165) is 0 Å². The molecule has 0 aromatic heterocycles. The molecule has 0 unspecified atom stereocenters. The Morgan fingerprint density at radius 1 is 1.04 bits per heavy atom. The van der Waals surface area contributed by atoms with Crippen molar-refractivity contribution in [3.63, 3.8) is 0 Å². The maximum Gasteiger partial charge on any atom is 0.222 e. The zero-order chi connectivity index (χ0) is 18.1. The van der Waals surface area contributed by atoms with Crippen LogP contribution in [0.4, 0.5) is 0 Å². The summed E-state index contributed by atoms with van der Waals surface area (Å²) in [6.07, 6.45) is -7.00. The Morgan fingerprint density at radius 3 is 2.25 bits per heavy atom. The Hall–Kier alpha value is -0.950. The molecule has 0 aromatic carbocycles. The van der Waals surface area contributed by atoms with Crippen molar-refractivity contribution in [2.45, 2.75) is 43.5 Å². The van der Waals surface area contributed by atoms with Crippen molar-refractivity contribution in [2.75, 3.05) is 25.6 Å². The van der Waals surface area contributed by atoms with E-state index in [0.29, 0.717) is 12.3 Å². The first-order valence-electron chi connectivity index (χ1n) is 7.47. The fraction of sp³-hybridized carbons (Fsp3) is 0.846. The normalized spacial score (nSPS) is 30.0. The highest BCUT2D eigenvalue weighted by Crippen LogP contribution is 2.21. The summed E-state index contributed by atoms with van der Waals surface area (Å²) in [4.78, 5) is 22.9. The van der Waals surface area contributed by atoms with Gasteiger partial charge in [0.05, 0.1) is 6.61 Å². The standard InChI is InChI=1S/C13H24N2O8S/c16-5-7-10(19)11(20)12(21)13(23-7)22-6-15-9(18)2-1-8(17)14-3-4-24/h7,10-13,16,19-21,24H,1-6H2,(H,14,17)(H,15,18)/t7-,10+,11+,12-,13-/m1/s1. The second kappa shape index (κ2) is 10.8. The lowest BCUT2D eigenvalue weighted by Gasteiger charge is -2.39. The minimum atomic E-state index is -1.55. The molecule has 1 aliphatic heterocycles. The molecule has 11 heteroatoms. The summed E-state index contributed by atoms with van der Waals surface area (Å²) in [6, 6.07) is 0. The summed E-state index contributed by atoms with van der Waals surface area (Å²) in [6.45, 7) is -0.484. The fourth-order valence-electron chi connectivity index (χ4n) is 2.01. The lowest BCUT2D eigenvalue weighted by Crippen LogP contribution is -2.59. The molecule has 10 nitrogen and oxygen atoms in total. The molecule has 6 N–H and O–H groups in total. The van der Waals surface area contributed by atoms with Crippen LogP contribution in [0, 0.1) is 0 Å². The van der Waals surface area contributed by atoms with E-state index in [9.17, 15) is 24.9 Å². The SMILES string of the molecule is O=C(CCC(=O)NCO[C@@H]1O[C@H](CO)[C@H](O)[C@H](O)[C@H]1O)NCCS. The Morgan fingerprint density at radius 2 is 1.67 bits per heavy atom. The summed E-state index contributed by atoms with van der Waals surface area (Å²) in [5.41, 5.74) is 0. The number of aliphatic hydroxyl groups excluding tert-OH is 4. The fourth-order valence-corrected chi connectivity index (χ4v) is 2.12. The molecule has 0 radical (unpaired) electrons. The van der Waals surface area contributed by atoms with Crippen LogP contribution in [0.5, 0.6) is 0 Å². The average molecular weight is 368 g/mol. The van der Waals surface area contributed by atoms with Crippen LogP contribution in [0.2, 0.25) is 0 Å². The van der Waals surface area contributed by atoms with Crippen LogP contribution in [0.1, 0.15) is 12.8 Å². The van der Waals surface area contributed by atoms with Crippen molar-refractivity contribution in [3.8, 4) is 0 Å². The van der Waals surface area contributed by atoms with Crippen molar-refractivity contribution in [1.82, 2.24) is 10.6 Å². The number of carbonyl (C=O) groups is 2. The van der Waals surface area contributed by atoms with Crippen LogP contribution in [0.3, 0.4) is 0 Å². The maximum absolute atomic E-state index is 11.6. The van der Waals surface area contributed by atoms with E-state index >= 15 is 0 Å². The van der Waals surface area contributed by atoms with E-state index in [4.69, 9.17) is 14.6 Å². The summed E-state index contributed by atoms with van der Waals surface area (Å²) < 4.78 is 10.2. The predicted molar refractivity (Wildman–Crippen MR) is 84.0 cm³/mol. The predicted octanol–water partition coefficient (Wildman–Crippen LogP) is -3.30. The van der Waals surface area contributed by atoms with Crippen LogP contribution in [-0.2, 0) is 19.1 Å². The largest absolute Gasteiger partial charge is 0.394 e. The summed E-state index contributed by atoms with van der Waals surface area (Å²) in [5, 5.41) is 42.9. The smallest absolute Gasteiger partial charge is 0.222 e. The number of ether oxygens (including phenoxy) is 2. The molecule has 2 amide bonds. The molecule has 0 aromatic rings. The van der Waals surface area contributed by atoms with Gasteiger partial charge in [-0.25, -0.2) is 0 Å². The Balaban J connectivity index is 2.28. The van der Waals surface area contributed by atoms with E-state index < -0.39 is 43.2 Å². The summed E-state index contributed by atoms with van der Waals surface area (Å²) >= 11 is 3.94. The number of hydrogen-bond donors (Lipinski definition) is 7. The monoisotopic (exact) mass is 368 g/mol. The molecular weight excluding hydrogens is 344 g/mol. The highest BCUT2D eigenvalue weighted by molar-refractivity contribution is 7.80. The third-order valence-electron chi connectivity index (χ3n) is 3.38. The molecule has 1 rings (SSSR count). The molecule has 5 atom stereocenters.